The number of benzene rings is 12. The van der Waals surface area contributed by atoms with E-state index in [4.69, 9.17) is 16.8 Å². The molecular weight excluding hydrogens is 943 g/mol. The highest BCUT2D eigenvalue weighted by Crippen LogP contribution is 2.60. The van der Waals surface area contributed by atoms with Gasteiger partial charge in [-0.05, 0) is 141 Å². The molecule has 4 nitrogen and oxygen atoms in total. The molecule has 0 saturated carbocycles. The van der Waals surface area contributed by atoms with Gasteiger partial charge in [0.2, 0.25) is 0 Å². The molecule has 2 heterocycles. The first kappa shape index (κ1) is 44.2. The fraction of sp³-hybridized carbons (Fsp3) is 0.0588. The van der Waals surface area contributed by atoms with Crippen molar-refractivity contribution < 1.29 is 16.8 Å². The number of rotatable bonds is 5. The minimum absolute atomic E-state index is 0.784. The normalized spacial score (nSPS) is 11.8. The Morgan fingerprint density at radius 1 is 0.284 bits per heavy atom. The van der Waals surface area contributed by atoms with Gasteiger partial charge in [-0.2, -0.15) is 0 Å². The molecule has 6 heteroatoms. The lowest BCUT2D eigenvalue weighted by atomic mass is 9.86. The van der Waals surface area contributed by atoms with E-state index in [-0.39, 0.29) is 0 Å². The van der Waals surface area contributed by atoms with Crippen molar-refractivity contribution in [2.45, 2.75) is 27.7 Å². The summed E-state index contributed by atoms with van der Waals surface area (Å²) in [5, 5.41) is 15.1. The summed E-state index contributed by atoms with van der Waals surface area (Å²) in [6.07, 6.45) is 0. The van der Waals surface area contributed by atoms with Gasteiger partial charge < -0.3 is 16.8 Å². The van der Waals surface area contributed by atoms with Crippen LogP contribution < -0.4 is 0 Å². The van der Waals surface area contributed by atoms with Crippen molar-refractivity contribution in [3.8, 4) is 44.0 Å². The molecule has 0 aliphatic rings. The van der Waals surface area contributed by atoms with E-state index in [1.54, 1.807) is 0 Å². The van der Waals surface area contributed by atoms with Crippen LogP contribution in [0.4, 0.5) is 0 Å². The van der Waals surface area contributed by atoms with E-state index >= 15 is 0 Å². The van der Waals surface area contributed by atoms with Crippen LogP contribution in [0.15, 0.2) is 235 Å². The SMILES string of the molecule is Cc1cc(-c2ccccc2)c(-p2oc3ccc4ccccc4c3c3c(ccc4ccccc43)o2)c(-c2c(C)c(C)cc(-c3ccccc3)c2-p2oc3ccc4ccccc4c3c3c(ccc4ccccc43)o2)c1C. The molecule has 0 N–H and O–H groups in total. The van der Waals surface area contributed by atoms with Gasteiger partial charge in [0, 0.05) is 43.8 Å². The smallest absolute Gasteiger partial charge is 0.254 e. The second kappa shape index (κ2) is 17.6. The van der Waals surface area contributed by atoms with Crippen molar-refractivity contribution in [2.75, 3.05) is 0 Å². The van der Waals surface area contributed by atoms with Crippen LogP contribution in [0.5, 0.6) is 0 Å². The Hall–Kier alpha value is -8.52. The molecule has 14 aromatic rings. The predicted octanol–water partition coefficient (Wildman–Crippen LogP) is 21.7. The lowest BCUT2D eigenvalue weighted by molar-refractivity contribution is 0.650. The van der Waals surface area contributed by atoms with Gasteiger partial charge in [0.15, 0.2) is 0 Å². The summed E-state index contributed by atoms with van der Waals surface area (Å²) in [5.74, 6) is 0. The maximum absolute atomic E-state index is 7.65. The minimum atomic E-state index is -1.91. The highest BCUT2D eigenvalue weighted by molar-refractivity contribution is 7.47. The Morgan fingerprint density at radius 3 is 0.851 bits per heavy atom. The summed E-state index contributed by atoms with van der Waals surface area (Å²) in [7, 11) is -3.83. The highest BCUT2D eigenvalue weighted by Gasteiger charge is 2.30. The molecule has 354 valence electrons. The van der Waals surface area contributed by atoms with Gasteiger partial charge in [0.1, 0.15) is 22.3 Å². The van der Waals surface area contributed by atoms with Crippen LogP contribution in [-0.4, -0.2) is 0 Å². The Bertz CT molecular complexity index is 4210. The van der Waals surface area contributed by atoms with E-state index in [1.807, 2.05) is 0 Å². The highest BCUT2D eigenvalue weighted by atomic mass is 31.1. The topological polar surface area (TPSA) is 52.6 Å². The third-order valence-electron chi connectivity index (χ3n) is 15.2. The van der Waals surface area contributed by atoms with E-state index in [9.17, 15) is 0 Å². The quantitative estimate of drug-likeness (QED) is 0.172. The van der Waals surface area contributed by atoms with Gasteiger partial charge in [-0.15, -0.1) is 0 Å². The Labute approximate surface area is 429 Å². The largest absolute Gasteiger partial charge is 0.416 e. The average molecular weight is 991 g/mol. The van der Waals surface area contributed by atoms with Gasteiger partial charge in [-0.1, -0.05) is 182 Å². The number of fused-ring (bicyclic) bond motifs is 14. The van der Waals surface area contributed by atoms with Crippen molar-refractivity contribution in [1.29, 1.82) is 0 Å². The van der Waals surface area contributed by atoms with Gasteiger partial charge >= 0.3 is 0 Å². The first-order chi connectivity index (χ1) is 36.4. The summed E-state index contributed by atoms with van der Waals surface area (Å²) >= 11 is 0. The minimum Gasteiger partial charge on any atom is -0.416 e. The van der Waals surface area contributed by atoms with Crippen LogP contribution >= 0.6 is 16.0 Å². The molecule has 0 spiro atoms. The first-order valence-corrected chi connectivity index (χ1v) is 27.5. The molecule has 0 bridgehead atoms. The maximum Gasteiger partial charge on any atom is 0.254 e. The van der Waals surface area contributed by atoms with Gasteiger partial charge in [-0.25, -0.2) is 0 Å². The zero-order valence-electron chi connectivity index (χ0n) is 41.3. The van der Waals surface area contributed by atoms with E-state index in [1.165, 1.54) is 0 Å². The summed E-state index contributed by atoms with van der Waals surface area (Å²) in [5.41, 5.74) is 14.1. The van der Waals surface area contributed by atoms with Gasteiger partial charge in [0.05, 0.1) is 10.6 Å². The molecule has 2 aromatic heterocycles. The van der Waals surface area contributed by atoms with E-state index in [0.717, 1.165) is 153 Å². The summed E-state index contributed by atoms with van der Waals surface area (Å²) < 4.78 is 30.6. The zero-order chi connectivity index (χ0) is 49.6. The molecule has 0 amide bonds. The molecular formula is C68H48O4P2. The molecule has 74 heavy (non-hydrogen) atoms. The molecule has 0 saturated heterocycles. The molecule has 0 aliphatic heterocycles. The average Bonchev–Trinajstić information content (AvgIpc) is 3.77. The molecule has 14 rings (SSSR count). The third-order valence-corrected chi connectivity index (χ3v) is 18.3. The van der Waals surface area contributed by atoms with E-state index < -0.39 is 16.0 Å². The first-order valence-electron chi connectivity index (χ1n) is 25.2. The Morgan fingerprint density at radius 2 is 0.554 bits per heavy atom. The standard InChI is InChI=1S/C68H48O4P2/c1-41-39-55(45-19-7-5-8-20-45)67(73-69-57-35-31-47-23-11-15-27-51(47)63(57)64-52-28-16-12-24-48(52)32-36-58(64)70-73)61(43(41)3)62-44(4)42(2)40-56(46-21-9-6-10-22-46)68(62)74-71-59-37-33-49-25-13-17-29-53(49)65(59)66-54-30-18-14-26-50(54)34-38-60(66)72-74/h5-40H,1-4H3. The summed E-state index contributed by atoms with van der Waals surface area (Å²) in [4.78, 5) is 0. The Balaban J connectivity index is 1.20. The molecule has 12 aromatic carbocycles. The van der Waals surface area contributed by atoms with Gasteiger partial charge in [0.25, 0.3) is 16.0 Å². The number of hydrogen-bond donors (Lipinski definition) is 0. The van der Waals surface area contributed by atoms with Crippen LogP contribution in [0.25, 0.3) is 131 Å². The summed E-state index contributed by atoms with van der Waals surface area (Å²) in [6.45, 7) is 8.99. The monoisotopic (exact) mass is 990 g/mol. The van der Waals surface area contributed by atoms with Crippen molar-refractivity contribution in [3.63, 3.8) is 0 Å². The fourth-order valence-corrected chi connectivity index (χ4v) is 14.9. The second-order valence-electron chi connectivity index (χ2n) is 19.4. The third kappa shape index (κ3) is 7.05. The maximum atomic E-state index is 7.65. The van der Waals surface area contributed by atoms with Crippen LogP contribution in [-0.2, 0) is 0 Å². The van der Waals surface area contributed by atoms with Crippen LogP contribution in [0, 0.1) is 27.7 Å². The molecule has 0 radical (unpaired) electrons. The van der Waals surface area contributed by atoms with Crippen molar-refractivity contribution >= 4 is 103 Å². The fourth-order valence-electron chi connectivity index (χ4n) is 11.4. The van der Waals surface area contributed by atoms with Crippen LogP contribution in [0.2, 0.25) is 0 Å². The zero-order valence-corrected chi connectivity index (χ0v) is 43.1. The van der Waals surface area contributed by atoms with Crippen molar-refractivity contribution in [2.24, 2.45) is 0 Å². The number of aryl methyl sites for hydroxylation is 2. The van der Waals surface area contributed by atoms with E-state index in [2.05, 4.69) is 246 Å². The van der Waals surface area contributed by atoms with Crippen molar-refractivity contribution in [1.82, 2.24) is 0 Å². The summed E-state index contributed by atoms with van der Waals surface area (Å²) in [6, 6.07) is 77.8. The Kier molecular flexibility index (Phi) is 10.5. The molecule has 0 unspecified atom stereocenters. The molecule has 0 aliphatic carbocycles. The number of hydrogen-bond acceptors (Lipinski definition) is 4. The van der Waals surface area contributed by atoms with E-state index in [0.29, 0.717) is 0 Å². The van der Waals surface area contributed by atoms with Crippen LogP contribution in [0.1, 0.15) is 22.3 Å². The predicted molar refractivity (Wildman–Crippen MR) is 314 cm³/mol. The van der Waals surface area contributed by atoms with Crippen LogP contribution in [0.3, 0.4) is 0 Å². The lowest BCUT2D eigenvalue weighted by Gasteiger charge is -2.24. The molecule has 0 fully saturated rings. The van der Waals surface area contributed by atoms with Crippen molar-refractivity contribution in [3.05, 3.63) is 241 Å². The second-order valence-corrected chi connectivity index (χ2v) is 22.1. The van der Waals surface area contributed by atoms with Gasteiger partial charge in [-0.3, -0.25) is 0 Å². The lowest BCUT2D eigenvalue weighted by Crippen LogP contribution is -1.99. The molecule has 0 atom stereocenters.